The van der Waals surface area contributed by atoms with E-state index in [1.807, 2.05) is 6.92 Å². The molecule has 6 nitrogen and oxygen atoms in total. The Bertz CT molecular complexity index is 1020. The van der Waals surface area contributed by atoms with Crippen molar-refractivity contribution in [2.24, 2.45) is 11.7 Å². The summed E-state index contributed by atoms with van der Waals surface area (Å²) in [5, 5.41) is 9.15. The quantitative estimate of drug-likeness (QED) is 0.858. The van der Waals surface area contributed by atoms with Crippen LogP contribution in [0.15, 0.2) is 11.0 Å². The van der Waals surface area contributed by atoms with E-state index < -0.39 is 28.6 Å². The van der Waals surface area contributed by atoms with Crippen molar-refractivity contribution < 1.29 is 18.7 Å². The minimum absolute atomic E-state index is 0.0190. The summed E-state index contributed by atoms with van der Waals surface area (Å²) >= 11 is 0. The third-order valence-electron chi connectivity index (χ3n) is 5.72. The lowest BCUT2D eigenvalue weighted by atomic mass is 10.0. The van der Waals surface area contributed by atoms with Crippen LogP contribution >= 0.6 is 0 Å². The van der Waals surface area contributed by atoms with Crippen molar-refractivity contribution in [3.63, 3.8) is 0 Å². The van der Waals surface area contributed by atoms with Crippen LogP contribution in [-0.2, 0) is 0 Å². The summed E-state index contributed by atoms with van der Waals surface area (Å²) in [5.41, 5.74) is 4.45. The standard InChI is InChI=1S/C19H21F2N3O3/c1-8-5-23(7-12(8)22)17-14(20)9(2)13-16(15(17)21)24(10-3-4-10)6-11(18(13)25)19(26)27/h6,8,10,12H,3-5,7,22H2,1-2H3,(H,26,27). The van der Waals surface area contributed by atoms with Crippen LogP contribution in [0.5, 0.6) is 0 Å². The molecular weight excluding hydrogens is 356 g/mol. The van der Waals surface area contributed by atoms with Crippen molar-refractivity contribution in [1.29, 1.82) is 0 Å². The molecule has 2 aromatic rings. The smallest absolute Gasteiger partial charge is 0.341 e. The molecule has 0 bridgehead atoms. The largest absolute Gasteiger partial charge is 0.477 e. The van der Waals surface area contributed by atoms with Crippen LogP contribution in [0.25, 0.3) is 10.9 Å². The third-order valence-corrected chi connectivity index (χ3v) is 5.72. The molecule has 2 unspecified atom stereocenters. The molecule has 2 heterocycles. The maximum absolute atomic E-state index is 15.5. The Kier molecular flexibility index (Phi) is 3.99. The number of benzene rings is 1. The molecule has 1 aliphatic carbocycles. The van der Waals surface area contributed by atoms with Gasteiger partial charge in [0.1, 0.15) is 11.3 Å². The van der Waals surface area contributed by atoms with E-state index >= 15 is 8.78 Å². The first-order valence-corrected chi connectivity index (χ1v) is 9.02. The molecule has 0 radical (unpaired) electrons. The van der Waals surface area contributed by atoms with Crippen molar-refractivity contribution in [3.05, 3.63) is 39.2 Å². The van der Waals surface area contributed by atoms with Crippen LogP contribution < -0.4 is 16.1 Å². The minimum Gasteiger partial charge on any atom is -0.477 e. The molecule has 2 fully saturated rings. The van der Waals surface area contributed by atoms with E-state index in [-0.39, 0.29) is 40.2 Å². The van der Waals surface area contributed by atoms with Crippen LogP contribution in [0, 0.1) is 24.5 Å². The monoisotopic (exact) mass is 377 g/mol. The van der Waals surface area contributed by atoms with Gasteiger partial charge in [-0.2, -0.15) is 0 Å². The van der Waals surface area contributed by atoms with Crippen LogP contribution in [-0.4, -0.2) is 34.8 Å². The van der Waals surface area contributed by atoms with Gasteiger partial charge in [0, 0.05) is 36.9 Å². The number of carbonyl (C=O) groups is 1. The number of carboxylic acids is 1. The molecule has 0 amide bonds. The Labute approximate surface area is 154 Å². The lowest BCUT2D eigenvalue weighted by molar-refractivity contribution is 0.0695. The number of aromatic carboxylic acids is 1. The molecule has 0 spiro atoms. The van der Waals surface area contributed by atoms with E-state index in [4.69, 9.17) is 5.73 Å². The molecule has 1 aliphatic heterocycles. The first kappa shape index (κ1) is 17.9. The summed E-state index contributed by atoms with van der Waals surface area (Å²) in [6, 6.07) is -0.280. The summed E-state index contributed by atoms with van der Waals surface area (Å²) in [6.07, 6.45) is 2.70. The molecule has 1 aromatic heterocycles. The molecule has 2 aliphatic rings. The molecule has 2 atom stereocenters. The van der Waals surface area contributed by atoms with Gasteiger partial charge in [0.25, 0.3) is 0 Å². The fourth-order valence-corrected chi connectivity index (χ4v) is 3.95. The Morgan fingerprint density at radius 2 is 1.93 bits per heavy atom. The highest BCUT2D eigenvalue weighted by Gasteiger charge is 2.35. The maximum atomic E-state index is 15.5. The fourth-order valence-electron chi connectivity index (χ4n) is 3.95. The van der Waals surface area contributed by atoms with Crippen molar-refractivity contribution in [1.82, 2.24) is 4.57 Å². The molecule has 27 heavy (non-hydrogen) atoms. The molecule has 144 valence electrons. The fraction of sp³-hybridized carbons (Fsp3) is 0.474. The predicted molar refractivity (Wildman–Crippen MR) is 97.4 cm³/mol. The van der Waals surface area contributed by atoms with Gasteiger partial charge in [0.05, 0.1) is 10.9 Å². The zero-order valence-electron chi connectivity index (χ0n) is 15.1. The number of nitrogens with zero attached hydrogens (tertiary/aromatic N) is 2. The number of pyridine rings is 1. The Morgan fingerprint density at radius 3 is 2.44 bits per heavy atom. The van der Waals surface area contributed by atoms with E-state index in [1.54, 1.807) is 4.90 Å². The average molecular weight is 377 g/mol. The number of anilines is 1. The molecule has 4 rings (SSSR count). The molecule has 3 N–H and O–H groups in total. The van der Waals surface area contributed by atoms with E-state index in [1.165, 1.54) is 17.7 Å². The van der Waals surface area contributed by atoms with Crippen LogP contribution in [0.1, 0.15) is 41.7 Å². The second kappa shape index (κ2) is 6.02. The lowest BCUT2D eigenvalue weighted by Gasteiger charge is -2.23. The Morgan fingerprint density at radius 1 is 1.26 bits per heavy atom. The molecular formula is C19H21F2N3O3. The van der Waals surface area contributed by atoms with Gasteiger partial charge >= 0.3 is 5.97 Å². The minimum atomic E-state index is -1.40. The predicted octanol–water partition coefficient (Wildman–Crippen LogP) is 2.40. The van der Waals surface area contributed by atoms with Crippen LogP contribution in [0.4, 0.5) is 14.5 Å². The topological polar surface area (TPSA) is 88.6 Å². The van der Waals surface area contributed by atoms with Gasteiger partial charge in [-0.3, -0.25) is 4.79 Å². The van der Waals surface area contributed by atoms with Gasteiger partial charge in [-0.05, 0) is 25.7 Å². The molecule has 1 aromatic carbocycles. The third kappa shape index (κ3) is 2.62. The van der Waals surface area contributed by atoms with E-state index in [9.17, 15) is 14.7 Å². The van der Waals surface area contributed by atoms with E-state index in [0.717, 1.165) is 12.8 Å². The number of rotatable bonds is 3. The summed E-state index contributed by atoms with van der Waals surface area (Å²) in [6.45, 7) is 4.06. The highest BCUT2D eigenvalue weighted by atomic mass is 19.1. The molecule has 1 saturated carbocycles. The highest BCUT2D eigenvalue weighted by molar-refractivity contribution is 5.95. The maximum Gasteiger partial charge on any atom is 0.341 e. The summed E-state index contributed by atoms with van der Waals surface area (Å²) in [7, 11) is 0. The number of nitrogens with two attached hydrogens (primary N) is 1. The first-order chi connectivity index (χ1) is 12.7. The second-order valence-electron chi connectivity index (χ2n) is 7.69. The zero-order valence-corrected chi connectivity index (χ0v) is 15.1. The number of aromatic nitrogens is 1. The van der Waals surface area contributed by atoms with Gasteiger partial charge < -0.3 is 20.3 Å². The van der Waals surface area contributed by atoms with Crippen molar-refractivity contribution in [3.8, 4) is 0 Å². The Balaban J connectivity index is 2.07. The van der Waals surface area contributed by atoms with Gasteiger partial charge in [0.2, 0.25) is 5.43 Å². The summed E-state index contributed by atoms with van der Waals surface area (Å²) in [5.74, 6) is -2.97. The van der Waals surface area contributed by atoms with Crippen molar-refractivity contribution >= 4 is 22.6 Å². The number of hydrogen-bond acceptors (Lipinski definition) is 4. The number of fused-ring (bicyclic) bond motifs is 1. The molecule has 8 heteroatoms. The van der Waals surface area contributed by atoms with Gasteiger partial charge in [-0.15, -0.1) is 0 Å². The average Bonchev–Trinajstić information content (AvgIpc) is 3.38. The lowest BCUT2D eigenvalue weighted by Crippen LogP contribution is -2.29. The molecule has 1 saturated heterocycles. The van der Waals surface area contributed by atoms with E-state index in [0.29, 0.717) is 13.1 Å². The number of carboxylic acid groups (broad SMARTS) is 1. The SMILES string of the molecule is Cc1c(F)c(N2CC(C)C(N)C2)c(F)c2c1c(=O)c(C(=O)O)cn2C1CC1. The Hall–Kier alpha value is -2.48. The zero-order chi connectivity index (χ0) is 19.6. The van der Waals surface area contributed by atoms with Crippen molar-refractivity contribution in [2.45, 2.75) is 38.8 Å². The highest BCUT2D eigenvalue weighted by Crippen LogP contribution is 2.41. The number of hydrogen-bond donors (Lipinski definition) is 2. The van der Waals surface area contributed by atoms with Crippen LogP contribution in [0.2, 0.25) is 0 Å². The normalized spacial score (nSPS) is 22.6. The number of halogens is 2. The van der Waals surface area contributed by atoms with Crippen LogP contribution in [0.3, 0.4) is 0 Å². The van der Waals surface area contributed by atoms with Gasteiger partial charge in [0.15, 0.2) is 11.6 Å². The van der Waals surface area contributed by atoms with Gasteiger partial charge in [-0.1, -0.05) is 6.92 Å². The van der Waals surface area contributed by atoms with Crippen molar-refractivity contribution in [2.75, 3.05) is 18.0 Å². The first-order valence-electron chi connectivity index (χ1n) is 9.02. The summed E-state index contributed by atoms with van der Waals surface area (Å²) in [4.78, 5) is 25.7. The van der Waals surface area contributed by atoms with E-state index in [2.05, 4.69) is 0 Å². The second-order valence-corrected chi connectivity index (χ2v) is 7.69. The van der Waals surface area contributed by atoms with Gasteiger partial charge in [-0.25, -0.2) is 13.6 Å². The summed E-state index contributed by atoms with van der Waals surface area (Å²) < 4.78 is 32.2. The number of aryl methyl sites for hydroxylation is 1.